The number of aromatic hydroxyl groups is 1. The van der Waals surface area contributed by atoms with Crippen LogP contribution in [0.25, 0.3) is 20.7 Å². The molecule has 4 aromatic carbocycles. The van der Waals surface area contributed by atoms with Crippen molar-refractivity contribution < 1.29 is 24.3 Å². The topological polar surface area (TPSA) is 141 Å². The van der Waals surface area contributed by atoms with Gasteiger partial charge in [0.1, 0.15) is 17.3 Å². The van der Waals surface area contributed by atoms with E-state index in [1.54, 1.807) is 72.5 Å². The number of allylic oxidation sites excluding steroid dienone is 2. The van der Waals surface area contributed by atoms with E-state index in [-0.39, 0.29) is 35.8 Å². The Labute approximate surface area is 373 Å². The molecule has 10 rings (SSSR count). The number of phenolic OH excluding ortho intramolecular Hbond substituents is 1. The molecule has 6 atom stereocenters. The third-order valence-electron chi connectivity index (χ3n) is 13.8. The minimum Gasteiger partial charge on any atom is -0.508 e. The first-order valence-corrected chi connectivity index (χ1v) is 22.1. The van der Waals surface area contributed by atoms with Gasteiger partial charge in [0.2, 0.25) is 23.6 Å². The molecule has 4 amide bonds. The van der Waals surface area contributed by atoms with Gasteiger partial charge in [-0.15, -0.1) is 11.3 Å². The molecule has 63 heavy (non-hydrogen) atoms. The van der Waals surface area contributed by atoms with Crippen molar-refractivity contribution in [2.24, 2.45) is 46.4 Å². The average molecular weight is 878 g/mol. The second-order valence-corrected chi connectivity index (χ2v) is 19.0. The second kappa shape index (κ2) is 14.8. The number of hydrogen-bond donors (Lipinski definition) is 1. The molecule has 4 heterocycles. The third-order valence-corrected chi connectivity index (χ3v) is 15.3. The quantitative estimate of drug-likeness (QED) is 0.0956. The summed E-state index contributed by atoms with van der Waals surface area (Å²) in [6.07, 6.45) is 2.55. The van der Waals surface area contributed by atoms with E-state index in [9.17, 15) is 14.7 Å². The number of azo groups is 1. The summed E-state index contributed by atoms with van der Waals surface area (Å²) < 4.78 is 2.63. The molecular weight excluding hydrogens is 834 g/mol. The molecule has 4 aliphatic rings. The molecule has 0 bridgehead atoms. The number of anilines is 3. The largest absolute Gasteiger partial charge is 0.508 e. The maximum absolute atomic E-state index is 15.2. The fourth-order valence-electron chi connectivity index (χ4n) is 10.5. The second-order valence-electron chi connectivity index (χ2n) is 17.6. The molecule has 1 N–H and O–H groups in total. The third kappa shape index (κ3) is 6.26. The van der Waals surface area contributed by atoms with E-state index in [4.69, 9.17) is 16.7 Å². The van der Waals surface area contributed by atoms with Crippen LogP contribution in [-0.4, -0.2) is 52.6 Å². The first-order chi connectivity index (χ1) is 30.1. The van der Waals surface area contributed by atoms with Gasteiger partial charge in [0.25, 0.3) is 0 Å². The van der Waals surface area contributed by atoms with E-state index in [1.807, 2.05) is 87.4 Å². The number of hydrogen-bond acceptors (Lipinski definition) is 10. The van der Waals surface area contributed by atoms with Gasteiger partial charge in [-0.25, -0.2) is 4.90 Å². The van der Waals surface area contributed by atoms with Crippen molar-refractivity contribution in [1.29, 1.82) is 0 Å². The van der Waals surface area contributed by atoms with Crippen LogP contribution in [0.1, 0.15) is 42.4 Å². The number of halogens is 1. The number of benzene rings is 4. The summed E-state index contributed by atoms with van der Waals surface area (Å²) in [5.41, 5.74) is 5.36. The monoisotopic (exact) mass is 877 g/mol. The molecule has 318 valence electrons. The number of amides is 4. The van der Waals surface area contributed by atoms with Gasteiger partial charge in [-0.05, 0) is 134 Å². The Hall–Kier alpha value is -6.44. The number of carbonyl (C=O) groups is 4. The van der Waals surface area contributed by atoms with E-state index in [2.05, 4.69) is 10.2 Å². The Morgan fingerprint density at radius 3 is 2.22 bits per heavy atom. The zero-order valence-electron chi connectivity index (χ0n) is 35.5. The van der Waals surface area contributed by atoms with Gasteiger partial charge in [0, 0.05) is 48.5 Å². The van der Waals surface area contributed by atoms with Gasteiger partial charge in [-0.2, -0.15) is 15.3 Å². The summed E-state index contributed by atoms with van der Waals surface area (Å²) in [5, 5.41) is 25.8. The lowest BCUT2D eigenvalue weighted by atomic mass is 9.51. The molecule has 2 aliphatic heterocycles. The van der Waals surface area contributed by atoms with Gasteiger partial charge in [-0.3, -0.25) is 28.8 Å². The minimum atomic E-state index is -1.26. The highest BCUT2D eigenvalue weighted by molar-refractivity contribution is 7.22. The molecule has 3 fully saturated rings. The number of phenols is 1. The lowest BCUT2D eigenvalue weighted by molar-refractivity contribution is -0.131. The van der Waals surface area contributed by atoms with E-state index in [1.165, 1.54) is 9.80 Å². The van der Waals surface area contributed by atoms with Crippen LogP contribution in [0.5, 0.6) is 5.75 Å². The van der Waals surface area contributed by atoms with Crippen molar-refractivity contribution >= 4 is 85.2 Å². The normalized spacial score (nSPS) is 24.4. The number of thiophene rings is 1. The SMILES string of the molecule is Cc1cc(C2C3=CCC4C(=O)N(c5ccc(N=Nc6ccc(N(C)C)cc6)cc5)C(=O)C4C3CC3C(=O)N(c4cc(-c5sc6ccc(Cl)cc6c5C)nn4C)C(=O)C32C)ccc1O. The minimum absolute atomic E-state index is 0.112. The summed E-state index contributed by atoms with van der Waals surface area (Å²) in [6, 6.07) is 27.4. The summed E-state index contributed by atoms with van der Waals surface area (Å²) in [7, 11) is 5.67. The Morgan fingerprint density at radius 1 is 0.841 bits per heavy atom. The van der Waals surface area contributed by atoms with Crippen molar-refractivity contribution in [3.05, 3.63) is 124 Å². The number of aryl methyl sites for hydroxylation is 3. The highest BCUT2D eigenvalue weighted by Gasteiger charge is 2.68. The maximum Gasteiger partial charge on any atom is 0.242 e. The van der Waals surface area contributed by atoms with Crippen molar-refractivity contribution in [3.8, 4) is 16.3 Å². The number of carbonyl (C=O) groups excluding carboxylic acids is 4. The van der Waals surface area contributed by atoms with Crippen LogP contribution >= 0.6 is 22.9 Å². The molecule has 0 radical (unpaired) electrons. The summed E-state index contributed by atoms with van der Waals surface area (Å²) in [4.78, 5) is 64.7. The van der Waals surface area contributed by atoms with Crippen LogP contribution in [0.4, 0.5) is 28.6 Å². The van der Waals surface area contributed by atoms with Crippen LogP contribution in [0, 0.1) is 42.9 Å². The van der Waals surface area contributed by atoms with Crippen LogP contribution in [0.15, 0.2) is 113 Å². The maximum atomic E-state index is 15.2. The van der Waals surface area contributed by atoms with E-state index >= 15 is 9.59 Å². The fraction of sp³-hybridized carbons (Fsp3) is 0.286. The molecular formula is C49H44ClN7O5S. The summed E-state index contributed by atoms with van der Waals surface area (Å²) >= 11 is 7.92. The Balaban J connectivity index is 0.989. The smallest absolute Gasteiger partial charge is 0.242 e. The summed E-state index contributed by atoms with van der Waals surface area (Å²) in [6.45, 7) is 5.67. The zero-order chi connectivity index (χ0) is 44.2. The number of fused-ring (bicyclic) bond motifs is 5. The van der Waals surface area contributed by atoms with Gasteiger partial charge in [-0.1, -0.05) is 35.4 Å². The first kappa shape index (κ1) is 40.6. The predicted octanol–water partition coefficient (Wildman–Crippen LogP) is 10.2. The van der Waals surface area contributed by atoms with Crippen LogP contribution < -0.4 is 14.7 Å². The molecule has 14 heteroatoms. The van der Waals surface area contributed by atoms with E-state index < -0.39 is 35.0 Å². The molecule has 6 unspecified atom stereocenters. The molecule has 6 aromatic rings. The molecule has 2 aromatic heterocycles. The van der Waals surface area contributed by atoms with Crippen LogP contribution in [-0.2, 0) is 26.2 Å². The van der Waals surface area contributed by atoms with E-state index in [0.29, 0.717) is 45.6 Å². The van der Waals surface area contributed by atoms with Crippen LogP contribution in [0.3, 0.4) is 0 Å². The van der Waals surface area contributed by atoms with Crippen molar-refractivity contribution in [2.45, 2.75) is 39.5 Å². The van der Waals surface area contributed by atoms with Gasteiger partial charge >= 0.3 is 0 Å². The number of imide groups is 2. The average Bonchev–Trinajstić information content (AvgIpc) is 3.94. The molecule has 2 aliphatic carbocycles. The van der Waals surface area contributed by atoms with Crippen molar-refractivity contribution in [2.75, 3.05) is 28.8 Å². The Bertz CT molecular complexity index is 2990. The lowest BCUT2D eigenvalue weighted by Gasteiger charge is -2.49. The number of aromatic nitrogens is 2. The highest BCUT2D eigenvalue weighted by Crippen LogP contribution is 2.64. The summed E-state index contributed by atoms with van der Waals surface area (Å²) in [5.74, 6) is -4.20. The van der Waals surface area contributed by atoms with E-state index in [0.717, 1.165) is 37.4 Å². The predicted molar refractivity (Wildman–Crippen MR) is 245 cm³/mol. The van der Waals surface area contributed by atoms with Crippen LogP contribution in [0.2, 0.25) is 5.02 Å². The molecule has 0 spiro atoms. The fourth-order valence-corrected chi connectivity index (χ4v) is 11.9. The number of rotatable bonds is 7. The number of nitrogens with zero attached hydrogens (tertiary/aromatic N) is 7. The Kier molecular flexibility index (Phi) is 9.57. The molecule has 12 nitrogen and oxygen atoms in total. The zero-order valence-corrected chi connectivity index (χ0v) is 37.1. The lowest BCUT2D eigenvalue weighted by Crippen LogP contribution is -2.49. The van der Waals surface area contributed by atoms with Crippen molar-refractivity contribution in [1.82, 2.24) is 9.78 Å². The standard InChI is InChI=1S/C49H44ClN7O5S/c1-25-21-27(7-19-39(25)58)43-33-17-18-34-42(47(61)56(45(34)59)32-15-11-30(12-16-32)52-51-29-9-13-31(14-10-29)54(4)5)36(33)23-37-46(60)57(48(62)49(37,43)3)41-24-38(53-55(41)6)44-26(2)35-22-28(50)8-20-40(35)63-44/h7-17,19-22,24,34,36-37,42-43,58H,18,23H2,1-6H3. The first-order valence-electron chi connectivity index (χ1n) is 20.9. The van der Waals surface area contributed by atoms with Gasteiger partial charge < -0.3 is 10.0 Å². The van der Waals surface area contributed by atoms with Gasteiger partial charge in [0.15, 0.2) is 0 Å². The molecule has 1 saturated carbocycles. The highest BCUT2D eigenvalue weighted by atomic mass is 35.5. The Morgan fingerprint density at radius 2 is 1.54 bits per heavy atom. The van der Waals surface area contributed by atoms with Gasteiger partial charge in [0.05, 0.1) is 45.1 Å². The molecule has 2 saturated heterocycles. The van der Waals surface area contributed by atoms with Crippen molar-refractivity contribution in [3.63, 3.8) is 0 Å².